The number of nitrogens with two attached hydrogens (primary N) is 1. The van der Waals surface area contributed by atoms with Gasteiger partial charge in [-0.1, -0.05) is 13.3 Å². The molecule has 9 heteroatoms. The van der Waals surface area contributed by atoms with Gasteiger partial charge in [-0.15, -0.1) is 0 Å². The van der Waals surface area contributed by atoms with E-state index < -0.39 is 37.4 Å². The highest BCUT2D eigenvalue weighted by molar-refractivity contribution is 7.89. The normalized spacial score (nSPS) is 13.2. The van der Waals surface area contributed by atoms with Gasteiger partial charge in [0.2, 0.25) is 10.0 Å². The SMILES string of the molecule is CCCC(CN)NS(=O)(=O)c1ccc([N+](=O)[O-])cc1F. The third-order valence-corrected chi connectivity index (χ3v) is 4.21. The molecule has 0 aliphatic carbocycles. The van der Waals surface area contributed by atoms with Crippen molar-refractivity contribution >= 4 is 15.7 Å². The number of hydrogen-bond acceptors (Lipinski definition) is 5. The number of hydrogen-bond donors (Lipinski definition) is 2. The van der Waals surface area contributed by atoms with E-state index in [0.717, 1.165) is 12.1 Å². The predicted octanol–water partition coefficient (Wildman–Crippen LogP) is 1.14. The van der Waals surface area contributed by atoms with E-state index in [1.54, 1.807) is 0 Å². The van der Waals surface area contributed by atoms with Gasteiger partial charge in [0.1, 0.15) is 10.7 Å². The van der Waals surface area contributed by atoms with Crippen molar-refractivity contribution in [3.05, 3.63) is 34.1 Å². The summed E-state index contributed by atoms with van der Waals surface area (Å²) in [6.07, 6.45) is 1.23. The Morgan fingerprint density at radius 3 is 2.60 bits per heavy atom. The number of sulfonamides is 1. The highest BCUT2D eigenvalue weighted by atomic mass is 32.2. The van der Waals surface area contributed by atoms with E-state index in [4.69, 9.17) is 5.73 Å². The van der Waals surface area contributed by atoms with E-state index in [0.29, 0.717) is 18.9 Å². The molecule has 0 saturated carbocycles. The molecule has 1 aromatic carbocycles. The van der Waals surface area contributed by atoms with Gasteiger partial charge < -0.3 is 5.73 Å². The third kappa shape index (κ3) is 3.95. The molecule has 0 aliphatic rings. The molecule has 0 spiro atoms. The summed E-state index contributed by atoms with van der Waals surface area (Å²) in [4.78, 5) is 9.05. The van der Waals surface area contributed by atoms with Crippen molar-refractivity contribution in [2.75, 3.05) is 6.54 Å². The van der Waals surface area contributed by atoms with Crippen LogP contribution in [0.25, 0.3) is 0 Å². The number of non-ortho nitro benzene ring substituents is 1. The molecule has 0 fully saturated rings. The first kappa shape index (κ1) is 16.5. The summed E-state index contributed by atoms with van der Waals surface area (Å²) < 4.78 is 40.0. The second kappa shape index (κ2) is 6.73. The van der Waals surface area contributed by atoms with Crippen molar-refractivity contribution in [2.24, 2.45) is 5.73 Å². The Labute approximate surface area is 116 Å². The average Bonchev–Trinajstić information content (AvgIpc) is 2.37. The Kier molecular flexibility index (Phi) is 5.54. The Bertz CT molecular complexity index is 591. The van der Waals surface area contributed by atoms with Gasteiger partial charge in [-0.2, -0.15) is 0 Å². The van der Waals surface area contributed by atoms with Crippen LogP contribution in [0.3, 0.4) is 0 Å². The monoisotopic (exact) mass is 305 g/mol. The molecular formula is C11H16FN3O4S. The van der Waals surface area contributed by atoms with Gasteiger partial charge in [0, 0.05) is 18.7 Å². The quantitative estimate of drug-likeness (QED) is 0.579. The maximum atomic E-state index is 13.7. The maximum absolute atomic E-state index is 13.7. The minimum atomic E-state index is -4.09. The molecule has 0 amide bonds. The highest BCUT2D eigenvalue weighted by Gasteiger charge is 2.24. The van der Waals surface area contributed by atoms with E-state index in [9.17, 15) is 22.9 Å². The van der Waals surface area contributed by atoms with Crippen LogP contribution in [0.1, 0.15) is 19.8 Å². The number of halogens is 1. The van der Waals surface area contributed by atoms with Crippen molar-refractivity contribution < 1.29 is 17.7 Å². The van der Waals surface area contributed by atoms with E-state index in [-0.39, 0.29) is 6.54 Å². The molecule has 0 aliphatic heterocycles. The van der Waals surface area contributed by atoms with Crippen LogP contribution in [0.4, 0.5) is 10.1 Å². The first-order valence-electron chi connectivity index (χ1n) is 5.98. The van der Waals surface area contributed by atoms with Crippen molar-refractivity contribution in [1.29, 1.82) is 0 Å². The van der Waals surface area contributed by atoms with Gasteiger partial charge in [0.15, 0.2) is 0 Å². The highest BCUT2D eigenvalue weighted by Crippen LogP contribution is 2.20. The lowest BCUT2D eigenvalue weighted by Crippen LogP contribution is -2.40. The maximum Gasteiger partial charge on any atom is 0.272 e. The second-order valence-electron chi connectivity index (χ2n) is 4.21. The Hall–Kier alpha value is -1.58. The van der Waals surface area contributed by atoms with Gasteiger partial charge >= 0.3 is 0 Å². The average molecular weight is 305 g/mol. The first-order valence-corrected chi connectivity index (χ1v) is 7.46. The minimum absolute atomic E-state index is 0.0850. The summed E-state index contributed by atoms with van der Waals surface area (Å²) in [6.45, 7) is 1.95. The standard InChI is InChI=1S/C11H16FN3O4S/c1-2-3-8(7-13)14-20(18,19)11-5-4-9(15(16)17)6-10(11)12/h4-6,8,14H,2-3,7,13H2,1H3. The fraction of sp³-hybridized carbons (Fsp3) is 0.455. The molecule has 0 heterocycles. The van der Waals surface area contributed by atoms with Gasteiger partial charge in [-0.25, -0.2) is 17.5 Å². The third-order valence-electron chi connectivity index (χ3n) is 2.66. The topological polar surface area (TPSA) is 115 Å². The molecular weight excluding hydrogens is 289 g/mol. The van der Waals surface area contributed by atoms with Crippen LogP contribution in [0.2, 0.25) is 0 Å². The van der Waals surface area contributed by atoms with Crippen molar-refractivity contribution in [2.45, 2.75) is 30.7 Å². The Morgan fingerprint density at radius 1 is 1.50 bits per heavy atom. The summed E-state index contributed by atoms with van der Waals surface area (Å²) in [7, 11) is -4.09. The van der Waals surface area contributed by atoms with Crippen LogP contribution in [-0.2, 0) is 10.0 Å². The zero-order chi connectivity index (χ0) is 15.3. The lowest BCUT2D eigenvalue weighted by Gasteiger charge is -2.16. The van der Waals surface area contributed by atoms with Crippen molar-refractivity contribution in [3.8, 4) is 0 Å². The first-order chi connectivity index (χ1) is 9.31. The second-order valence-corrected chi connectivity index (χ2v) is 5.90. The van der Waals surface area contributed by atoms with Gasteiger partial charge in [-0.3, -0.25) is 10.1 Å². The Balaban J connectivity index is 3.06. The molecule has 1 unspecified atom stereocenters. The smallest absolute Gasteiger partial charge is 0.272 e. The number of nitro groups is 1. The summed E-state index contributed by atoms with van der Waals surface area (Å²) in [5.74, 6) is -1.17. The summed E-state index contributed by atoms with van der Waals surface area (Å²) >= 11 is 0. The largest absolute Gasteiger partial charge is 0.329 e. The molecule has 0 bridgehead atoms. The number of nitrogens with zero attached hydrogens (tertiary/aromatic N) is 1. The molecule has 1 aromatic rings. The Morgan fingerprint density at radius 2 is 2.15 bits per heavy atom. The predicted molar refractivity (Wildman–Crippen MR) is 71.1 cm³/mol. The van der Waals surface area contributed by atoms with E-state index in [1.165, 1.54) is 0 Å². The minimum Gasteiger partial charge on any atom is -0.329 e. The van der Waals surface area contributed by atoms with Crippen LogP contribution in [0.15, 0.2) is 23.1 Å². The van der Waals surface area contributed by atoms with Crippen molar-refractivity contribution in [3.63, 3.8) is 0 Å². The van der Waals surface area contributed by atoms with Gasteiger partial charge in [0.25, 0.3) is 5.69 Å². The van der Waals surface area contributed by atoms with Gasteiger partial charge in [0.05, 0.1) is 11.0 Å². The molecule has 0 aromatic heterocycles. The van der Waals surface area contributed by atoms with Crippen LogP contribution < -0.4 is 10.5 Å². The van der Waals surface area contributed by atoms with Crippen LogP contribution >= 0.6 is 0 Å². The molecule has 112 valence electrons. The molecule has 0 radical (unpaired) electrons. The summed E-state index contributed by atoms with van der Waals surface area (Å²) in [5, 5.41) is 10.5. The number of nitro benzene ring substituents is 1. The van der Waals surface area contributed by atoms with E-state index in [2.05, 4.69) is 4.72 Å². The number of nitrogens with one attached hydrogen (secondary N) is 1. The molecule has 1 rings (SSSR count). The van der Waals surface area contributed by atoms with Crippen molar-refractivity contribution in [1.82, 2.24) is 4.72 Å². The van der Waals surface area contributed by atoms with Crippen LogP contribution in [-0.4, -0.2) is 25.9 Å². The summed E-state index contributed by atoms with van der Waals surface area (Å²) in [6, 6.07) is 1.88. The van der Waals surface area contributed by atoms with E-state index >= 15 is 0 Å². The fourth-order valence-electron chi connectivity index (χ4n) is 1.68. The van der Waals surface area contributed by atoms with E-state index in [1.807, 2.05) is 6.92 Å². The zero-order valence-electron chi connectivity index (χ0n) is 10.9. The molecule has 7 nitrogen and oxygen atoms in total. The van der Waals surface area contributed by atoms with Gasteiger partial charge in [-0.05, 0) is 12.5 Å². The number of benzene rings is 1. The van der Waals surface area contributed by atoms with Crippen LogP contribution in [0, 0.1) is 15.9 Å². The number of rotatable bonds is 7. The molecule has 1 atom stereocenters. The lowest BCUT2D eigenvalue weighted by molar-refractivity contribution is -0.385. The zero-order valence-corrected chi connectivity index (χ0v) is 11.7. The molecule has 3 N–H and O–H groups in total. The fourth-order valence-corrected chi connectivity index (χ4v) is 3.02. The lowest BCUT2D eigenvalue weighted by atomic mass is 10.2. The molecule has 20 heavy (non-hydrogen) atoms. The summed E-state index contributed by atoms with van der Waals surface area (Å²) in [5.41, 5.74) is 4.93. The molecule has 0 saturated heterocycles. The van der Waals surface area contributed by atoms with Crippen LogP contribution in [0.5, 0.6) is 0 Å².